The van der Waals surface area contributed by atoms with E-state index in [-0.39, 0.29) is 32.0 Å². The topological polar surface area (TPSA) is 108 Å². The first-order valence-corrected chi connectivity index (χ1v) is 28.8. The highest BCUT2D eigenvalue weighted by Crippen LogP contribution is 2.43. The molecule has 2 unspecified atom stereocenters. The van der Waals surface area contributed by atoms with Gasteiger partial charge in [0.25, 0.3) is 0 Å². The average Bonchev–Trinajstić information content (AvgIpc) is 3.32. The largest absolute Gasteiger partial charge is 0.472 e. The number of phosphoric ester groups is 1. The third kappa shape index (κ3) is 53.8. The summed E-state index contributed by atoms with van der Waals surface area (Å²) in [5.74, 6) is -0.826. The van der Waals surface area contributed by atoms with Gasteiger partial charge in [0, 0.05) is 12.8 Å². The summed E-state index contributed by atoms with van der Waals surface area (Å²) in [7, 11) is 1.45. The van der Waals surface area contributed by atoms with Crippen molar-refractivity contribution in [1.29, 1.82) is 0 Å². The highest BCUT2D eigenvalue weighted by Gasteiger charge is 2.27. The zero-order chi connectivity index (χ0) is 51.3. The first-order valence-electron chi connectivity index (χ1n) is 27.3. The maximum atomic E-state index is 12.7. The Morgan fingerprint density at radius 3 is 1.21 bits per heavy atom. The molecular weight excluding hydrogens is 894 g/mol. The van der Waals surface area contributed by atoms with Crippen LogP contribution in [0, 0.1) is 0 Å². The smallest absolute Gasteiger partial charge is 0.462 e. The Bertz CT molecular complexity index is 1590. The van der Waals surface area contributed by atoms with E-state index in [1.165, 1.54) is 38.5 Å². The van der Waals surface area contributed by atoms with E-state index in [1.54, 1.807) is 0 Å². The number of carbonyl (C=O) groups excluding carboxylic acids is 2. The molecule has 0 heterocycles. The minimum atomic E-state index is -4.39. The van der Waals surface area contributed by atoms with Crippen molar-refractivity contribution in [1.82, 2.24) is 0 Å². The van der Waals surface area contributed by atoms with Crippen LogP contribution in [0.2, 0.25) is 0 Å². The molecule has 9 nitrogen and oxygen atoms in total. The molecule has 398 valence electrons. The molecule has 0 aromatic carbocycles. The van der Waals surface area contributed by atoms with Crippen molar-refractivity contribution in [3.05, 3.63) is 122 Å². The van der Waals surface area contributed by atoms with Crippen molar-refractivity contribution in [2.24, 2.45) is 0 Å². The molecule has 0 radical (unpaired) electrons. The Morgan fingerprint density at radius 1 is 0.457 bits per heavy atom. The third-order valence-corrected chi connectivity index (χ3v) is 12.0. The predicted molar refractivity (Wildman–Crippen MR) is 297 cm³/mol. The fourth-order valence-electron chi connectivity index (χ4n) is 6.81. The number of ether oxygens (including phenoxy) is 2. The standard InChI is InChI=1S/C60H100NO8P/c1-6-8-10-12-14-16-17-18-19-20-21-22-23-24-25-26-27-28-29-30-31-32-33-34-35-36-37-38-39-40-41-42-43-45-47-49-51-53-60(63)69-58(57-68-70(64,65)67-55-54-61(3,4)5)56-66-59(62)52-50-48-46-44-15-13-11-9-7-2/h8,10,14,16,18-19,21-22,24-25,27-28,30-31,33-34,36-37,39-40,58H,6-7,9,11-13,15,17,20,23,26,29,32,35,38,41-57H2,1-5H3/p+1/b10-8-,16-14-,19-18-,22-21-,25-24-,28-27-,31-30-,34-33-,37-36-,40-39-. The lowest BCUT2D eigenvalue weighted by molar-refractivity contribution is -0.870. The first-order chi connectivity index (χ1) is 34.0. The number of likely N-dealkylation sites (N-methyl/N-ethyl adjacent to an activating group) is 1. The number of esters is 2. The molecule has 0 bridgehead atoms. The number of hydrogen-bond donors (Lipinski definition) is 1. The lowest BCUT2D eigenvalue weighted by Gasteiger charge is -2.24. The Labute approximate surface area is 428 Å². The predicted octanol–water partition coefficient (Wildman–Crippen LogP) is 16.8. The number of quaternary nitrogens is 1. The summed E-state index contributed by atoms with van der Waals surface area (Å²) >= 11 is 0. The van der Waals surface area contributed by atoms with E-state index >= 15 is 0 Å². The van der Waals surface area contributed by atoms with Gasteiger partial charge >= 0.3 is 19.8 Å². The highest BCUT2D eigenvalue weighted by atomic mass is 31.2. The van der Waals surface area contributed by atoms with Crippen molar-refractivity contribution in [3.63, 3.8) is 0 Å². The molecule has 0 aromatic heterocycles. The van der Waals surface area contributed by atoms with Crippen LogP contribution in [0.25, 0.3) is 0 Å². The number of nitrogens with zero attached hydrogens (tertiary/aromatic N) is 1. The summed E-state index contributed by atoms with van der Waals surface area (Å²) < 4.78 is 34.3. The van der Waals surface area contributed by atoms with E-state index in [0.29, 0.717) is 17.4 Å². The van der Waals surface area contributed by atoms with Crippen LogP contribution < -0.4 is 0 Å². The summed E-state index contributed by atoms with van der Waals surface area (Å²) in [4.78, 5) is 35.4. The van der Waals surface area contributed by atoms with Crippen LogP contribution >= 0.6 is 7.82 Å². The van der Waals surface area contributed by atoms with Gasteiger partial charge in [-0.15, -0.1) is 0 Å². The van der Waals surface area contributed by atoms with E-state index in [9.17, 15) is 19.0 Å². The summed E-state index contributed by atoms with van der Waals surface area (Å²) in [6, 6.07) is 0. The second kappa shape index (κ2) is 50.4. The molecule has 0 saturated heterocycles. The van der Waals surface area contributed by atoms with Crippen LogP contribution in [0.15, 0.2) is 122 Å². The maximum Gasteiger partial charge on any atom is 0.472 e. The summed E-state index contributed by atoms with van der Waals surface area (Å²) in [6.07, 6.45) is 71.4. The molecule has 0 aliphatic carbocycles. The van der Waals surface area contributed by atoms with Crippen molar-refractivity contribution in [2.75, 3.05) is 47.5 Å². The van der Waals surface area contributed by atoms with Gasteiger partial charge < -0.3 is 18.9 Å². The fourth-order valence-corrected chi connectivity index (χ4v) is 7.55. The molecule has 70 heavy (non-hydrogen) atoms. The summed E-state index contributed by atoms with van der Waals surface area (Å²) in [5, 5.41) is 0. The zero-order valence-corrected chi connectivity index (χ0v) is 45.8. The number of unbranched alkanes of at least 4 members (excludes halogenated alkanes) is 14. The van der Waals surface area contributed by atoms with Gasteiger partial charge in [-0.05, 0) is 89.9 Å². The van der Waals surface area contributed by atoms with Crippen molar-refractivity contribution in [3.8, 4) is 0 Å². The van der Waals surface area contributed by atoms with Gasteiger partial charge in [0.05, 0.1) is 27.7 Å². The molecule has 0 aromatic rings. The zero-order valence-electron chi connectivity index (χ0n) is 45.0. The molecule has 0 rings (SSSR count). The summed E-state index contributed by atoms with van der Waals surface area (Å²) in [6.45, 7) is 4.25. The second-order valence-electron chi connectivity index (χ2n) is 18.9. The minimum absolute atomic E-state index is 0.0234. The van der Waals surface area contributed by atoms with E-state index < -0.39 is 26.5 Å². The van der Waals surface area contributed by atoms with Gasteiger partial charge in [-0.25, -0.2) is 4.57 Å². The lowest BCUT2D eigenvalue weighted by Crippen LogP contribution is -2.37. The molecule has 0 aliphatic rings. The number of rotatable bonds is 48. The third-order valence-electron chi connectivity index (χ3n) is 11.0. The van der Waals surface area contributed by atoms with Crippen LogP contribution in [-0.4, -0.2) is 74.9 Å². The van der Waals surface area contributed by atoms with Crippen LogP contribution in [-0.2, 0) is 32.7 Å². The molecule has 0 spiro atoms. The number of allylic oxidation sites excluding steroid dienone is 20. The quantitative estimate of drug-likeness (QED) is 0.0211. The minimum Gasteiger partial charge on any atom is -0.462 e. The fraction of sp³-hybridized carbons (Fsp3) is 0.633. The Hall–Kier alpha value is -3.59. The summed E-state index contributed by atoms with van der Waals surface area (Å²) in [5.41, 5.74) is 0. The van der Waals surface area contributed by atoms with E-state index in [2.05, 4.69) is 135 Å². The monoisotopic (exact) mass is 995 g/mol. The van der Waals surface area contributed by atoms with Gasteiger partial charge in [0.1, 0.15) is 19.8 Å². The molecule has 0 amide bonds. The Morgan fingerprint density at radius 2 is 0.814 bits per heavy atom. The molecule has 0 saturated carbocycles. The average molecular weight is 995 g/mol. The molecule has 1 N–H and O–H groups in total. The van der Waals surface area contributed by atoms with Crippen LogP contribution in [0.3, 0.4) is 0 Å². The van der Waals surface area contributed by atoms with Crippen LogP contribution in [0.4, 0.5) is 0 Å². The lowest BCUT2D eigenvalue weighted by atomic mass is 10.1. The molecule has 10 heteroatoms. The molecule has 0 aliphatic heterocycles. The van der Waals surface area contributed by atoms with E-state index in [0.717, 1.165) is 122 Å². The van der Waals surface area contributed by atoms with E-state index in [4.69, 9.17) is 18.5 Å². The van der Waals surface area contributed by atoms with Gasteiger partial charge in [-0.2, -0.15) is 0 Å². The van der Waals surface area contributed by atoms with Crippen molar-refractivity contribution < 1.29 is 42.1 Å². The molecule has 2 atom stereocenters. The highest BCUT2D eigenvalue weighted by molar-refractivity contribution is 7.47. The van der Waals surface area contributed by atoms with Gasteiger partial charge in [-0.1, -0.05) is 212 Å². The SMILES string of the molecule is CC/C=C\C/C=C\C/C=C\C/C=C\C/C=C\C/C=C\C/C=C\C/C=C\C/C=C\C/C=C\CCCCCCCCC(=O)OC(COC(=O)CCCCCCCCCCC)COP(=O)(O)OCC[N+](C)(C)C. The maximum absolute atomic E-state index is 12.7. The molecule has 0 fully saturated rings. The second-order valence-corrected chi connectivity index (χ2v) is 20.3. The Balaban J connectivity index is 4.13. The number of phosphoric acid groups is 1. The van der Waals surface area contributed by atoms with Crippen LogP contribution in [0.5, 0.6) is 0 Å². The first kappa shape index (κ1) is 66.4. The number of carbonyl (C=O) groups is 2. The van der Waals surface area contributed by atoms with Gasteiger partial charge in [0.2, 0.25) is 0 Å². The number of hydrogen-bond acceptors (Lipinski definition) is 7. The molecular formula is C60H101NO8P+. The normalized spacial score (nSPS) is 14.3. The van der Waals surface area contributed by atoms with Crippen molar-refractivity contribution in [2.45, 2.75) is 200 Å². The van der Waals surface area contributed by atoms with Crippen molar-refractivity contribution >= 4 is 19.8 Å². The van der Waals surface area contributed by atoms with E-state index in [1.807, 2.05) is 21.1 Å². The van der Waals surface area contributed by atoms with Gasteiger partial charge in [-0.3, -0.25) is 18.6 Å². The van der Waals surface area contributed by atoms with Gasteiger partial charge in [0.15, 0.2) is 6.10 Å². The van der Waals surface area contributed by atoms with Crippen LogP contribution in [0.1, 0.15) is 194 Å². The Kier molecular flexibility index (Phi) is 47.8.